The Balaban J connectivity index is 1.68. The Hall–Kier alpha value is -2.16. The number of hydrogen-bond donors (Lipinski definition) is 0. The summed E-state index contributed by atoms with van der Waals surface area (Å²) in [6.45, 7) is 1.43. The van der Waals surface area contributed by atoms with Crippen LogP contribution in [-0.4, -0.2) is 22.3 Å². The standard InChI is InChI=1S/C21H26N2O/c24-21(19-11-5-2-6-12-19)23(17-18-9-3-1-4-10-18)16-14-20-13-7-8-15-22-20/h1,3-4,7-10,13,15,19H,2,5-6,11-12,14,16-17H2. The van der Waals surface area contributed by atoms with Crippen molar-refractivity contribution < 1.29 is 4.79 Å². The van der Waals surface area contributed by atoms with E-state index >= 15 is 0 Å². The molecule has 3 nitrogen and oxygen atoms in total. The summed E-state index contributed by atoms with van der Waals surface area (Å²) in [5.74, 6) is 0.542. The first-order valence-electron chi connectivity index (χ1n) is 9.05. The minimum Gasteiger partial charge on any atom is -0.338 e. The molecule has 3 heteroatoms. The van der Waals surface area contributed by atoms with E-state index < -0.39 is 0 Å². The summed E-state index contributed by atoms with van der Waals surface area (Å²) in [5, 5.41) is 0. The molecule has 0 N–H and O–H groups in total. The number of benzene rings is 1. The fraction of sp³-hybridized carbons (Fsp3) is 0.429. The first-order chi connectivity index (χ1) is 11.8. The second kappa shape index (κ2) is 8.62. The Labute approximate surface area is 144 Å². The summed E-state index contributed by atoms with van der Waals surface area (Å²) < 4.78 is 0. The fourth-order valence-electron chi connectivity index (χ4n) is 3.47. The zero-order valence-electron chi connectivity index (χ0n) is 14.2. The van der Waals surface area contributed by atoms with Gasteiger partial charge in [-0.15, -0.1) is 0 Å². The molecule has 24 heavy (non-hydrogen) atoms. The van der Waals surface area contributed by atoms with E-state index in [0.29, 0.717) is 12.5 Å². The Morgan fingerprint density at radius 1 is 1.00 bits per heavy atom. The maximum absolute atomic E-state index is 13.0. The molecule has 0 spiro atoms. The van der Waals surface area contributed by atoms with Crippen molar-refractivity contribution in [3.8, 4) is 0 Å². The second-order valence-electron chi connectivity index (χ2n) is 6.65. The monoisotopic (exact) mass is 322 g/mol. The number of aromatic nitrogens is 1. The molecule has 2 aromatic rings. The van der Waals surface area contributed by atoms with Gasteiger partial charge in [0.25, 0.3) is 0 Å². The first-order valence-corrected chi connectivity index (χ1v) is 9.05. The molecule has 1 amide bonds. The molecule has 0 radical (unpaired) electrons. The Morgan fingerprint density at radius 2 is 1.75 bits per heavy atom. The van der Waals surface area contributed by atoms with Crippen LogP contribution in [0.15, 0.2) is 54.7 Å². The highest BCUT2D eigenvalue weighted by molar-refractivity contribution is 5.79. The SMILES string of the molecule is O=C(C1CCCCC1)N(CCc1ccccn1)Cc1ccccc1. The van der Waals surface area contributed by atoms with Gasteiger partial charge < -0.3 is 4.90 Å². The molecule has 0 bridgehead atoms. The number of carbonyl (C=O) groups excluding carboxylic acids is 1. The molecule has 1 aromatic heterocycles. The molecule has 1 saturated carbocycles. The summed E-state index contributed by atoms with van der Waals surface area (Å²) in [6.07, 6.45) is 8.38. The van der Waals surface area contributed by atoms with Crippen molar-refractivity contribution in [1.82, 2.24) is 9.88 Å². The number of hydrogen-bond acceptors (Lipinski definition) is 2. The minimum absolute atomic E-state index is 0.214. The maximum atomic E-state index is 13.0. The lowest BCUT2D eigenvalue weighted by molar-refractivity contribution is -0.137. The number of nitrogens with zero attached hydrogens (tertiary/aromatic N) is 2. The topological polar surface area (TPSA) is 33.2 Å². The first kappa shape index (κ1) is 16.7. The molecular weight excluding hydrogens is 296 g/mol. The third-order valence-electron chi connectivity index (χ3n) is 4.85. The van der Waals surface area contributed by atoms with Gasteiger partial charge >= 0.3 is 0 Å². The van der Waals surface area contributed by atoms with Crippen LogP contribution in [0.5, 0.6) is 0 Å². The lowest BCUT2D eigenvalue weighted by Crippen LogP contribution is -2.38. The third-order valence-corrected chi connectivity index (χ3v) is 4.85. The van der Waals surface area contributed by atoms with E-state index in [-0.39, 0.29) is 5.92 Å². The van der Waals surface area contributed by atoms with Crippen LogP contribution in [0.1, 0.15) is 43.4 Å². The number of amides is 1. The van der Waals surface area contributed by atoms with Crippen molar-refractivity contribution in [3.05, 3.63) is 66.0 Å². The van der Waals surface area contributed by atoms with E-state index in [2.05, 4.69) is 17.1 Å². The molecule has 0 saturated heterocycles. The molecule has 1 fully saturated rings. The van der Waals surface area contributed by atoms with Crippen LogP contribution in [0.4, 0.5) is 0 Å². The quantitative estimate of drug-likeness (QED) is 0.797. The predicted octanol–water partition coefficient (Wildman–Crippen LogP) is 4.23. The van der Waals surface area contributed by atoms with Gasteiger partial charge in [0.15, 0.2) is 0 Å². The van der Waals surface area contributed by atoms with Crippen LogP contribution in [0.3, 0.4) is 0 Å². The van der Waals surface area contributed by atoms with Crippen LogP contribution in [0.25, 0.3) is 0 Å². The average molecular weight is 322 g/mol. The zero-order valence-corrected chi connectivity index (χ0v) is 14.2. The summed E-state index contributed by atoms with van der Waals surface area (Å²) in [5.41, 5.74) is 2.25. The molecule has 1 heterocycles. The van der Waals surface area contributed by atoms with Crippen molar-refractivity contribution >= 4 is 5.91 Å². The van der Waals surface area contributed by atoms with E-state index in [1.165, 1.54) is 24.8 Å². The van der Waals surface area contributed by atoms with Crippen LogP contribution in [-0.2, 0) is 17.8 Å². The van der Waals surface area contributed by atoms with Gasteiger partial charge in [0.05, 0.1) is 0 Å². The molecular formula is C21H26N2O. The minimum atomic E-state index is 0.214. The highest BCUT2D eigenvalue weighted by Gasteiger charge is 2.25. The lowest BCUT2D eigenvalue weighted by Gasteiger charge is -2.29. The van der Waals surface area contributed by atoms with Crippen LogP contribution < -0.4 is 0 Å². The van der Waals surface area contributed by atoms with Crippen LogP contribution in [0, 0.1) is 5.92 Å². The molecule has 126 valence electrons. The summed E-state index contributed by atoms with van der Waals surface area (Å²) >= 11 is 0. The van der Waals surface area contributed by atoms with Crippen molar-refractivity contribution in [2.24, 2.45) is 5.92 Å². The average Bonchev–Trinajstić information content (AvgIpc) is 2.67. The van der Waals surface area contributed by atoms with E-state index in [1.54, 1.807) is 0 Å². The van der Waals surface area contributed by atoms with Gasteiger partial charge in [0.2, 0.25) is 5.91 Å². The van der Waals surface area contributed by atoms with Gasteiger partial charge in [-0.3, -0.25) is 9.78 Å². The Kier molecular flexibility index (Phi) is 6.00. The normalized spacial score (nSPS) is 15.2. The summed E-state index contributed by atoms with van der Waals surface area (Å²) in [6, 6.07) is 16.3. The van der Waals surface area contributed by atoms with E-state index in [1.807, 2.05) is 47.5 Å². The highest BCUT2D eigenvalue weighted by Crippen LogP contribution is 2.26. The van der Waals surface area contributed by atoms with Crippen LogP contribution in [0.2, 0.25) is 0 Å². The van der Waals surface area contributed by atoms with Gasteiger partial charge in [0, 0.05) is 37.3 Å². The Bertz CT molecular complexity index is 621. The van der Waals surface area contributed by atoms with Gasteiger partial charge in [-0.2, -0.15) is 0 Å². The number of rotatable bonds is 6. The van der Waals surface area contributed by atoms with Crippen molar-refractivity contribution in [2.75, 3.05) is 6.54 Å². The largest absolute Gasteiger partial charge is 0.338 e. The summed E-state index contributed by atoms with van der Waals surface area (Å²) in [7, 11) is 0. The number of carbonyl (C=O) groups is 1. The molecule has 0 unspecified atom stereocenters. The lowest BCUT2D eigenvalue weighted by atomic mass is 9.88. The fourth-order valence-corrected chi connectivity index (χ4v) is 3.47. The van der Waals surface area contributed by atoms with Crippen LogP contribution >= 0.6 is 0 Å². The third kappa shape index (κ3) is 4.67. The van der Waals surface area contributed by atoms with Gasteiger partial charge in [-0.05, 0) is 30.5 Å². The van der Waals surface area contributed by atoms with Crippen molar-refractivity contribution in [2.45, 2.75) is 45.1 Å². The molecule has 0 aliphatic heterocycles. The van der Waals surface area contributed by atoms with Crippen molar-refractivity contribution in [1.29, 1.82) is 0 Å². The van der Waals surface area contributed by atoms with E-state index in [0.717, 1.165) is 31.5 Å². The summed E-state index contributed by atoms with van der Waals surface area (Å²) in [4.78, 5) is 19.5. The maximum Gasteiger partial charge on any atom is 0.225 e. The number of pyridine rings is 1. The molecule has 1 aliphatic rings. The van der Waals surface area contributed by atoms with Gasteiger partial charge in [-0.1, -0.05) is 55.7 Å². The molecule has 0 atom stereocenters. The zero-order chi connectivity index (χ0) is 16.6. The smallest absolute Gasteiger partial charge is 0.225 e. The van der Waals surface area contributed by atoms with E-state index in [4.69, 9.17) is 0 Å². The molecule has 1 aromatic carbocycles. The van der Waals surface area contributed by atoms with Crippen molar-refractivity contribution in [3.63, 3.8) is 0 Å². The molecule has 1 aliphatic carbocycles. The van der Waals surface area contributed by atoms with Gasteiger partial charge in [-0.25, -0.2) is 0 Å². The molecule has 3 rings (SSSR count). The predicted molar refractivity (Wildman–Crippen MR) is 96.4 cm³/mol. The van der Waals surface area contributed by atoms with E-state index in [9.17, 15) is 4.79 Å². The van der Waals surface area contributed by atoms with Gasteiger partial charge in [0.1, 0.15) is 0 Å². The highest BCUT2D eigenvalue weighted by atomic mass is 16.2. The Morgan fingerprint density at radius 3 is 2.46 bits per heavy atom. The second-order valence-corrected chi connectivity index (χ2v) is 6.65.